The van der Waals surface area contributed by atoms with Gasteiger partial charge in [-0.15, -0.1) is 0 Å². The Labute approximate surface area is 103 Å². The minimum atomic E-state index is -3.04. The van der Waals surface area contributed by atoms with Crippen LogP contribution in [0.2, 0.25) is 5.02 Å². The number of nitro benzene ring substituents is 1. The van der Waals surface area contributed by atoms with Gasteiger partial charge in [-0.1, -0.05) is 11.6 Å². The quantitative estimate of drug-likeness (QED) is 0.622. The minimum absolute atomic E-state index is 0.176. The zero-order chi connectivity index (χ0) is 13.4. The van der Waals surface area contributed by atoms with Gasteiger partial charge in [-0.3, -0.25) is 14.9 Å². The number of rotatable bonds is 2. The summed E-state index contributed by atoms with van der Waals surface area (Å²) < 4.78 is 29.8. The highest BCUT2D eigenvalue weighted by molar-refractivity contribution is 6.31. The van der Waals surface area contributed by atoms with Crippen molar-refractivity contribution in [2.24, 2.45) is 0 Å². The topological polar surface area (TPSA) is 73.3 Å². The molecule has 2 rings (SSSR count). The van der Waals surface area contributed by atoms with Gasteiger partial charge in [0.15, 0.2) is 5.76 Å². The molecule has 0 fully saturated rings. The molecule has 0 saturated carbocycles. The SMILES string of the molecule is O=c1c(Cl)c(C(F)F)oc2ccc([N+](=O)[O-])cc12. The van der Waals surface area contributed by atoms with Crippen LogP contribution in [0.3, 0.4) is 0 Å². The number of benzene rings is 1. The lowest BCUT2D eigenvalue weighted by molar-refractivity contribution is -0.384. The van der Waals surface area contributed by atoms with Gasteiger partial charge in [0, 0.05) is 12.1 Å². The molecule has 18 heavy (non-hydrogen) atoms. The molecule has 8 heteroatoms. The maximum atomic E-state index is 12.5. The molecule has 1 aromatic carbocycles. The number of non-ortho nitro benzene ring substituents is 1. The zero-order valence-corrected chi connectivity index (χ0v) is 9.28. The van der Waals surface area contributed by atoms with Gasteiger partial charge in [0.05, 0.1) is 10.3 Å². The Morgan fingerprint density at radius 2 is 2.06 bits per heavy atom. The molecule has 1 heterocycles. The molecule has 0 unspecified atom stereocenters. The van der Waals surface area contributed by atoms with Crippen LogP contribution in [-0.2, 0) is 0 Å². The predicted octanol–water partition coefficient (Wildman–Crippen LogP) is 3.29. The lowest BCUT2D eigenvalue weighted by atomic mass is 10.2. The fraction of sp³-hybridized carbons (Fsp3) is 0.100. The average Bonchev–Trinajstić information content (AvgIpc) is 2.32. The molecular weight excluding hydrogens is 272 g/mol. The number of halogens is 3. The van der Waals surface area contributed by atoms with Crippen LogP contribution in [0, 0.1) is 10.1 Å². The average molecular weight is 276 g/mol. The molecule has 2 aromatic rings. The summed E-state index contributed by atoms with van der Waals surface area (Å²) in [5, 5.41) is 9.56. The summed E-state index contributed by atoms with van der Waals surface area (Å²) in [7, 11) is 0. The van der Waals surface area contributed by atoms with Gasteiger partial charge >= 0.3 is 0 Å². The molecule has 0 bridgehead atoms. The van der Waals surface area contributed by atoms with E-state index < -0.39 is 27.6 Å². The number of fused-ring (bicyclic) bond motifs is 1. The number of alkyl halides is 2. The van der Waals surface area contributed by atoms with Gasteiger partial charge in [0.2, 0.25) is 5.43 Å². The van der Waals surface area contributed by atoms with Gasteiger partial charge in [0.1, 0.15) is 10.6 Å². The summed E-state index contributed by atoms with van der Waals surface area (Å²) in [6.07, 6.45) is -3.04. The summed E-state index contributed by atoms with van der Waals surface area (Å²) >= 11 is 5.44. The van der Waals surface area contributed by atoms with Crippen molar-refractivity contribution in [2.75, 3.05) is 0 Å². The van der Waals surface area contributed by atoms with Crippen molar-refractivity contribution in [3.8, 4) is 0 Å². The lowest BCUT2D eigenvalue weighted by Gasteiger charge is -2.04. The standard InChI is InChI=1S/C10H4ClF2NO4/c11-7-8(15)5-3-4(14(16)17)1-2-6(5)18-9(7)10(12)13/h1-3,10H. The van der Waals surface area contributed by atoms with E-state index in [1.165, 1.54) is 0 Å². The fourth-order valence-corrected chi connectivity index (χ4v) is 1.65. The summed E-state index contributed by atoms with van der Waals surface area (Å²) in [5.74, 6) is -0.942. The van der Waals surface area contributed by atoms with Crippen LogP contribution in [0.1, 0.15) is 12.2 Å². The van der Waals surface area contributed by atoms with Crippen LogP contribution in [-0.4, -0.2) is 4.92 Å². The smallest absolute Gasteiger partial charge is 0.297 e. The van der Waals surface area contributed by atoms with E-state index >= 15 is 0 Å². The highest BCUT2D eigenvalue weighted by atomic mass is 35.5. The van der Waals surface area contributed by atoms with Crippen molar-refractivity contribution >= 4 is 28.3 Å². The maximum Gasteiger partial charge on any atom is 0.297 e. The molecule has 94 valence electrons. The third-order valence-electron chi connectivity index (χ3n) is 2.25. The first-order valence-electron chi connectivity index (χ1n) is 4.60. The molecule has 0 saturated heterocycles. The molecule has 0 aliphatic rings. The van der Waals surface area contributed by atoms with E-state index in [1.807, 2.05) is 0 Å². The van der Waals surface area contributed by atoms with Crippen molar-refractivity contribution in [2.45, 2.75) is 6.43 Å². The Bertz CT molecular complexity index is 698. The Hall–Kier alpha value is -2.02. The first-order chi connectivity index (χ1) is 8.41. The van der Waals surface area contributed by atoms with Crippen LogP contribution in [0.4, 0.5) is 14.5 Å². The van der Waals surface area contributed by atoms with Crippen molar-refractivity contribution in [3.63, 3.8) is 0 Å². The van der Waals surface area contributed by atoms with Crippen molar-refractivity contribution < 1.29 is 18.1 Å². The van der Waals surface area contributed by atoms with Crippen LogP contribution < -0.4 is 5.43 Å². The van der Waals surface area contributed by atoms with E-state index in [9.17, 15) is 23.7 Å². The Balaban J connectivity index is 2.83. The second kappa shape index (κ2) is 4.34. The largest absolute Gasteiger partial charge is 0.453 e. The highest BCUT2D eigenvalue weighted by Crippen LogP contribution is 2.29. The predicted molar refractivity (Wildman–Crippen MR) is 59.1 cm³/mol. The van der Waals surface area contributed by atoms with Gasteiger partial charge in [0.25, 0.3) is 12.1 Å². The van der Waals surface area contributed by atoms with Crippen molar-refractivity contribution in [1.29, 1.82) is 0 Å². The summed E-state index contributed by atoms with van der Waals surface area (Å²) in [6.45, 7) is 0. The molecular formula is C10H4ClF2NO4. The lowest BCUT2D eigenvalue weighted by Crippen LogP contribution is -2.06. The monoisotopic (exact) mass is 275 g/mol. The minimum Gasteiger partial charge on any atom is -0.453 e. The molecule has 0 atom stereocenters. The van der Waals surface area contributed by atoms with Gasteiger partial charge in [-0.25, -0.2) is 8.78 Å². The van der Waals surface area contributed by atoms with Crippen LogP contribution in [0.15, 0.2) is 27.4 Å². The van der Waals surface area contributed by atoms with Crippen LogP contribution in [0.25, 0.3) is 11.0 Å². The van der Waals surface area contributed by atoms with E-state index in [0.29, 0.717) is 0 Å². The van der Waals surface area contributed by atoms with Crippen molar-refractivity contribution in [3.05, 3.63) is 49.3 Å². The molecule has 0 spiro atoms. The third kappa shape index (κ3) is 1.92. The molecule has 1 aromatic heterocycles. The summed E-state index contributed by atoms with van der Waals surface area (Å²) in [5.41, 5.74) is -1.45. The number of nitro groups is 1. The first-order valence-corrected chi connectivity index (χ1v) is 4.98. The van der Waals surface area contributed by atoms with Crippen LogP contribution >= 0.6 is 11.6 Å². The van der Waals surface area contributed by atoms with Gasteiger partial charge < -0.3 is 4.42 Å². The fourth-order valence-electron chi connectivity index (χ4n) is 1.43. The number of hydrogen-bond acceptors (Lipinski definition) is 4. The van der Waals surface area contributed by atoms with E-state index in [1.54, 1.807) is 0 Å². The molecule has 0 radical (unpaired) electrons. The second-order valence-electron chi connectivity index (χ2n) is 3.35. The molecule has 5 nitrogen and oxygen atoms in total. The molecule has 0 N–H and O–H groups in total. The van der Waals surface area contributed by atoms with E-state index in [4.69, 9.17) is 16.0 Å². The van der Waals surface area contributed by atoms with E-state index in [2.05, 4.69) is 0 Å². The van der Waals surface area contributed by atoms with Gasteiger partial charge in [-0.05, 0) is 6.07 Å². The van der Waals surface area contributed by atoms with E-state index in [-0.39, 0.29) is 16.7 Å². The molecule has 0 aliphatic heterocycles. The first kappa shape index (κ1) is 12.4. The Morgan fingerprint density at radius 3 is 2.61 bits per heavy atom. The number of nitrogens with zero attached hydrogens (tertiary/aromatic N) is 1. The Kier molecular flexibility index (Phi) is 3.00. The molecule has 0 aliphatic carbocycles. The molecule has 0 amide bonds. The normalized spacial score (nSPS) is 11.1. The highest BCUT2D eigenvalue weighted by Gasteiger charge is 2.21. The number of hydrogen-bond donors (Lipinski definition) is 0. The second-order valence-corrected chi connectivity index (χ2v) is 3.73. The zero-order valence-electron chi connectivity index (χ0n) is 8.52. The van der Waals surface area contributed by atoms with E-state index in [0.717, 1.165) is 18.2 Å². The maximum absolute atomic E-state index is 12.5. The Morgan fingerprint density at radius 1 is 1.39 bits per heavy atom. The van der Waals surface area contributed by atoms with Crippen molar-refractivity contribution in [1.82, 2.24) is 0 Å². The third-order valence-corrected chi connectivity index (χ3v) is 2.61. The van der Waals surface area contributed by atoms with Gasteiger partial charge in [-0.2, -0.15) is 0 Å². The summed E-state index contributed by atoms with van der Waals surface area (Å²) in [6, 6.07) is 3.06. The van der Waals surface area contributed by atoms with Crippen LogP contribution in [0.5, 0.6) is 0 Å². The summed E-state index contributed by atoms with van der Waals surface area (Å²) in [4.78, 5) is 21.5.